The molecule has 1 aliphatic heterocycles. The van der Waals surface area contributed by atoms with Crippen molar-refractivity contribution in [3.63, 3.8) is 0 Å². The lowest BCUT2D eigenvalue weighted by Gasteiger charge is -2.05. The first-order valence-corrected chi connectivity index (χ1v) is 8.26. The highest BCUT2D eigenvalue weighted by atomic mass is 35.5. The Morgan fingerprint density at radius 2 is 1.85 bits per heavy atom. The molecule has 0 atom stereocenters. The molecular formula is C19H13ClN4O3. The summed E-state index contributed by atoms with van der Waals surface area (Å²) in [5, 5.41) is 7.65. The first-order valence-electron chi connectivity index (χ1n) is 7.88. The van der Waals surface area contributed by atoms with Gasteiger partial charge < -0.3 is 5.32 Å². The molecule has 0 unspecified atom stereocenters. The lowest BCUT2D eigenvalue weighted by Crippen LogP contribution is -2.35. The lowest BCUT2D eigenvalue weighted by atomic mass is 10.1. The van der Waals surface area contributed by atoms with E-state index >= 15 is 0 Å². The quantitative estimate of drug-likeness (QED) is 0.454. The highest BCUT2D eigenvalue weighted by molar-refractivity contribution is 6.33. The number of benzene rings is 2. The van der Waals surface area contributed by atoms with Gasteiger partial charge in [-0.25, -0.2) is 10.4 Å². The average Bonchev–Trinajstić information content (AvgIpc) is 2.67. The van der Waals surface area contributed by atoms with E-state index in [2.05, 4.69) is 26.7 Å². The minimum absolute atomic E-state index is 0.120. The molecule has 3 amide bonds. The minimum atomic E-state index is -0.580. The Balaban J connectivity index is 1.61. The Labute approximate surface area is 158 Å². The molecule has 0 radical (unpaired) electrons. The molecule has 7 nitrogen and oxygen atoms in total. The second-order valence-electron chi connectivity index (χ2n) is 5.45. The molecule has 0 saturated heterocycles. The van der Waals surface area contributed by atoms with Crippen molar-refractivity contribution in [3.8, 4) is 0 Å². The molecule has 0 saturated carbocycles. The van der Waals surface area contributed by atoms with Gasteiger partial charge in [-0.1, -0.05) is 41.9 Å². The molecule has 0 fully saturated rings. The zero-order chi connectivity index (χ0) is 19.2. The van der Waals surface area contributed by atoms with Gasteiger partial charge in [0.15, 0.2) is 0 Å². The van der Waals surface area contributed by atoms with Gasteiger partial charge in [-0.2, -0.15) is 0 Å². The Hall–Kier alpha value is -3.54. The molecule has 134 valence electrons. The van der Waals surface area contributed by atoms with Crippen molar-refractivity contribution < 1.29 is 14.4 Å². The summed E-state index contributed by atoms with van der Waals surface area (Å²) < 4.78 is 0. The Kier molecular flexibility index (Phi) is 5.56. The highest BCUT2D eigenvalue weighted by Gasteiger charge is 2.11. The molecule has 0 bridgehead atoms. The number of amides is 3. The van der Waals surface area contributed by atoms with Gasteiger partial charge in [-0.15, -0.1) is 5.10 Å². The van der Waals surface area contributed by atoms with E-state index in [1.54, 1.807) is 48.5 Å². The standard InChI is InChI=1S/C19H13ClN4O3/c20-15-7-3-2-6-14(15)19(27)21-11-17(25)24-22-10-13-9-12-5-1-4-8-16(12)23-18(13)26/h1-9H,11H2,(H,21,27)(H,24,25). The maximum absolute atomic E-state index is 12.0. The zero-order valence-electron chi connectivity index (χ0n) is 13.9. The predicted octanol–water partition coefficient (Wildman–Crippen LogP) is 0.338. The second kappa shape index (κ2) is 8.23. The summed E-state index contributed by atoms with van der Waals surface area (Å²) in [6.45, 7) is -0.310. The Morgan fingerprint density at radius 3 is 2.67 bits per heavy atom. The van der Waals surface area contributed by atoms with Crippen LogP contribution in [-0.2, 0) is 9.59 Å². The van der Waals surface area contributed by atoms with Gasteiger partial charge in [0.1, 0.15) is 5.57 Å². The molecule has 8 heteroatoms. The number of fused-ring (bicyclic) bond motifs is 1. The summed E-state index contributed by atoms with van der Waals surface area (Å²) in [6, 6.07) is 13.6. The van der Waals surface area contributed by atoms with Crippen LogP contribution in [0.1, 0.15) is 10.4 Å². The third kappa shape index (κ3) is 4.55. The number of para-hydroxylation sites is 1. The fourth-order valence-electron chi connectivity index (χ4n) is 2.27. The van der Waals surface area contributed by atoms with Crippen LogP contribution in [0.15, 0.2) is 64.2 Å². The Morgan fingerprint density at radius 1 is 1.11 bits per heavy atom. The van der Waals surface area contributed by atoms with Crippen LogP contribution in [-0.4, -0.2) is 30.1 Å². The first-order chi connectivity index (χ1) is 13.0. The van der Waals surface area contributed by atoms with E-state index in [1.165, 1.54) is 0 Å². The SMILES string of the molecule is O=C(CNC(=O)c1ccccc1Cl)NN=C=C1C=c2ccccc2=NC1=O. The minimum Gasteiger partial charge on any atom is -0.343 e. The number of carbonyl (C=O) groups excluding carboxylic acids is 3. The van der Waals surface area contributed by atoms with E-state index in [-0.39, 0.29) is 22.7 Å². The Bertz CT molecular complexity index is 1120. The molecule has 2 aromatic rings. The van der Waals surface area contributed by atoms with Crippen molar-refractivity contribution in [1.29, 1.82) is 0 Å². The summed E-state index contributed by atoms with van der Waals surface area (Å²) >= 11 is 5.92. The molecule has 27 heavy (non-hydrogen) atoms. The van der Waals surface area contributed by atoms with Crippen LogP contribution in [0.2, 0.25) is 5.02 Å². The van der Waals surface area contributed by atoms with Crippen LogP contribution in [0.5, 0.6) is 0 Å². The van der Waals surface area contributed by atoms with Crippen LogP contribution in [0.3, 0.4) is 0 Å². The molecule has 1 aliphatic rings. The van der Waals surface area contributed by atoms with Gasteiger partial charge in [0.05, 0.1) is 22.5 Å². The average molecular weight is 381 g/mol. The molecular weight excluding hydrogens is 368 g/mol. The fourth-order valence-corrected chi connectivity index (χ4v) is 2.49. The molecule has 0 spiro atoms. The van der Waals surface area contributed by atoms with E-state index in [0.29, 0.717) is 5.36 Å². The topological polar surface area (TPSA) is 100.0 Å². The predicted molar refractivity (Wildman–Crippen MR) is 99.6 cm³/mol. The zero-order valence-corrected chi connectivity index (χ0v) is 14.7. The summed E-state index contributed by atoms with van der Waals surface area (Å²) in [7, 11) is 0. The maximum Gasteiger partial charge on any atom is 0.287 e. The van der Waals surface area contributed by atoms with Crippen molar-refractivity contribution in [2.45, 2.75) is 0 Å². The monoisotopic (exact) mass is 380 g/mol. The van der Waals surface area contributed by atoms with E-state index in [4.69, 9.17) is 11.6 Å². The number of hydrogen-bond donors (Lipinski definition) is 2. The van der Waals surface area contributed by atoms with Gasteiger partial charge in [0.2, 0.25) is 0 Å². The summed E-state index contributed by atoms with van der Waals surface area (Å²) in [4.78, 5) is 39.5. The van der Waals surface area contributed by atoms with Crippen molar-refractivity contribution in [2.24, 2.45) is 10.1 Å². The van der Waals surface area contributed by atoms with Crippen molar-refractivity contribution in [1.82, 2.24) is 10.7 Å². The van der Waals surface area contributed by atoms with Crippen LogP contribution in [0.4, 0.5) is 0 Å². The first kappa shape index (κ1) is 18.3. The summed E-state index contributed by atoms with van der Waals surface area (Å²) in [6.07, 6.45) is 1.58. The molecule has 0 aliphatic carbocycles. The highest BCUT2D eigenvalue weighted by Crippen LogP contribution is 2.14. The van der Waals surface area contributed by atoms with E-state index < -0.39 is 17.7 Å². The van der Waals surface area contributed by atoms with Gasteiger partial charge in [-0.05, 0) is 24.3 Å². The van der Waals surface area contributed by atoms with Crippen LogP contribution >= 0.6 is 11.6 Å². The van der Waals surface area contributed by atoms with E-state index in [1.807, 2.05) is 6.07 Å². The summed E-state index contributed by atoms with van der Waals surface area (Å²) in [5.41, 5.74) is 2.57. The maximum atomic E-state index is 12.0. The number of hydrazone groups is 1. The van der Waals surface area contributed by atoms with Crippen LogP contribution in [0.25, 0.3) is 6.08 Å². The third-order valence-electron chi connectivity index (χ3n) is 3.57. The summed E-state index contributed by atoms with van der Waals surface area (Å²) in [5.74, 6) is 0.886. The van der Waals surface area contributed by atoms with Gasteiger partial charge >= 0.3 is 0 Å². The molecule has 2 N–H and O–H groups in total. The second-order valence-corrected chi connectivity index (χ2v) is 5.86. The van der Waals surface area contributed by atoms with Crippen molar-refractivity contribution >= 4 is 41.3 Å². The number of rotatable bonds is 4. The number of nitrogens with zero attached hydrogens (tertiary/aromatic N) is 2. The lowest BCUT2D eigenvalue weighted by molar-refractivity contribution is -0.120. The van der Waals surface area contributed by atoms with Crippen LogP contribution in [0, 0.1) is 0 Å². The number of halogens is 1. The van der Waals surface area contributed by atoms with Gasteiger partial charge in [0, 0.05) is 11.1 Å². The van der Waals surface area contributed by atoms with Crippen LogP contribution < -0.4 is 21.3 Å². The van der Waals surface area contributed by atoms with Crippen molar-refractivity contribution in [3.05, 3.63) is 75.3 Å². The largest absolute Gasteiger partial charge is 0.343 e. The number of carbonyl (C=O) groups is 3. The van der Waals surface area contributed by atoms with Gasteiger partial charge in [0.25, 0.3) is 17.7 Å². The van der Waals surface area contributed by atoms with Gasteiger partial charge in [-0.3, -0.25) is 14.4 Å². The number of nitrogens with one attached hydrogen (secondary N) is 2. The smallest absolute Gasteiger partial charge is 0.287 e. The normalized spacial score (nSPS) is 12.0. The molecule has 1 heterocycles. The molecule has 2 aromatic carbocycles. The fraction of sp³-hybridized carbons (Fsp3) is 0.0526. The molecule has 3 rings (SSSR count). The molecule has 0 aromatic heterocycles. The third-order valence-corrected chi connectivity index (χ3v) is 3.90. The van der Waals surface area contributed by atoms with E-state index in [0.717, 1.165) is 5.22 Å². The number of hydrogen-bond acceptors (Lipinski definition) is 4. The van der Waals surface area contributed by atoms with E-state index in [9.17, 15) is 14.4 Å². The van der Waals surface area contributed by atoms with Crippen molar-refractivity contribution in [2.75, 3.05) is 6.54 Å².